The molecule has 1 fully saturated rings. The van der Waals surface area contributed by atoms with Crippen LogP contribution in [0.2, 0.25) is 0 Å². The largest absolute Gasteiger partial charge is 0.423 e. The third-order valence-corrected chi connectivity index (χ3v) is 5.78. The molecule has 1 aliphatic rings. The van der Waals surface area contributed by atoms with Crippen LogP contribution in [0.4, 0.5) is 6.01 Å². The minimum absolute atomic E-state index is 0.0259. The standard InChI is InChI=1S/C19H20N4O4S/c20-28(25,26)15-9-7-13(8-10-15)18(24)21-12-14-4-3-11-23(14)19-22-16-5-1-2-6-17(16)27-19/h1-2,5-10,14H,3-4,11-12H2,(H,21,24)(H2,20,25,26). The Balaban J connectivity index is 1.42. The number of hydrogen-bond acceptors (Lipinski definition) is 6. The maximum atomic E-state index is 12.4. The molecule has 3 aromatic rings. The Morgan fingerprint density at radius 2 is 1.96 bits per heavy atom. The molecule has 2 heterocycles. The van der Waals surface area contributed by atoms with E-state index in [1.807, 2.05) is 24.3 Å². The summed E-state index contributed by atoms with van der Waals surface area (Å²) in [5.41, 5.74) is 1.92. The number of carbonyl (C=O) groups excluding carboxylic acids is 1. The lowest BCUT2D eigenvalue weighted by molar-refractivity contribution is 0.0951. The summed E-state index contributed by atoms with van der Waals surface area (Å²) in [6.45, 7) is 1.25. The van der Waals surface area contributed by atoms with E-state index in [2.05, 4.69) is 15.2 Å². The maximum absolute atomic E-state index is 12.4. The van der Waals surface area contributed by atoms with Crippen molar-refractivity contribution in [3.63, 3.8) is 0 Å². The number of nitrogens with zero attached hydrogens (tertiary/aromatic N) is 2. The van der Waals surface area contributed by atoms with Crippen LogP contribution in [0.1, 0.15) is 23.2 Å². The van der Waals surface area contributed by atoms with Crippen molar-refractivity contribution in [1.29, 1.82) is 0 Å². The van der Waals surface area contributed by atoms with Crippen molar-refractivity contribution in [1.82, 2.24) is 10.3 Å². The summed E-state index contributed by atoms with van der Waals surface area (Å²) >= 11 is 0. The first-order chi connectivity index (χ1) is 13.4. The normalized spacial score (nSPS) is 17.2. The number of benzene rings is 2. The number of amides is 1. The molecular formula is C19H20N4O4S. The predicted molar refractivity (Wildman–Crippen MR) is 105 cm³/mol. The van der Waals surface area contributed by atoms with Crippen molar-refractivity contribution < 1.29 is 17.6 Å². The average molecular weight is 400 g/mol. The van der Waals surface area contributed by atoms with Crippen LogP contribution in [-0.4, -0.2) is 38.4 Å². The Kier molecular flexibility index (Phi) is 4.78. The van der Waals surface area contributed by atoms with Crippen LogP contribution in [0.25, 0.3) is 11.1 Å². The van der Waals surface area contributed by atoms with E-state index >= 15 is 0 Å². The van der Waals surface area contributed by atoms with Gasteiger partial charge in [-0.1, -0.05) is 12.1 Å². The first-order valence-electron chi connectivity index (χ1n) is 8.95. The molecule has 1 saturated heterocycles. The quantitative estimate of drug-likeness (QED) is 0.675. The van der Waals surface area contributed by atoms with Crippen molar-refractivity contribution in [2.45, 2.75) is 23.8 Å². The minimum Gasteiger partial charge on any atom is -0.423 e. The van der Waals surface area contributed by atoms with Gasteiger partial charge >= 0.3 is 0 Å². The first kappa shape index (κ1) is 18.5. The Labute approximate surface area is 162 Å². The number of carbonyl (C=O) groups is 1. The molecule has 3 N–H and O–H groups in total. The summed E-state index contributed by atoms with van der Waals surface area (Å²) in [5.74, 6) is -0.273. The molecule has 0 saturated carbocycles. The highest BCUT2D eigenvalue weighted by molar-refractivity contribution is 7.89. The third-order valence-electron chi connectivity index (χ3n) is 4.85. The topological polar surface area (TPSA) is 119 Å². The number of oxazole rings is 1. The Morgan fingerprint density at radius 3 is 2.68 bits per heavy atom. The lowest BCUT2D eigenvalue weighted by atomic mass is 10.2. The molecular weight excluding hydrogens is 380 g/mol. The lowest BCUT2D eigenvalue weighted by Crippen LogP contribution is -2.40. The van der Waals surface area contributed by atoms with Gasteiger partial charge in [-0.25, -0.2) is 13.6 Å². The van der Waals surface area contributed by atoms with Crippen LogP contribution in [0.3, 0.4) is 0 Å². The zero-order valence-corrected chi connectivity index (χ0v) is 15.9. The van der Waals surface area contributed by atoms with Gasteiger partial charge in [-0.05, 0) is 49.2 Å². The number of sulfonamides is 1. The molecule has 1 aliphatic heterocycles. The molecule has 0 spiro atoms. The summed E-state index contributed by atoms with van der Waals surface area (Å²) in [6.07, 6.45) is 1.91. The Bertz CT molecular complexity index is 1080. The second-order valence-electron chi connectivity index (χ2n) is 6.73. The SMILES string of the molecule is NS(=O)(=O)c1ccc(C(=O)NCC2CCCN2c2nc3ccccc3o2)cc1. The second kappa shape index (κ2) is 7.25. The molecule has 1 unspecified atom stereocenters. The number of aromatic nitrogens is 1. The highest BCUT2D eigenvalue weighted by Gasteiger charge is 2.28. The molecule has 146 valence electrons. The van der Waals surface area contributed by atoms with Gasteiger partial charge in [-0.15, -0.1) is 0 Å². The van der Waals surface area contributed by atoms with E-state index in [4.69, 9.17) is 9.56 Å². The zero-order chi connectivity index (χ0) is 19.7. The fraction of sp³-hybridized carbons (Fsp3) is 0.263. The number of nitrogens with one attached hydrogen (secondary N) is 1. The van der Waals surface area contributed by atoms with Crippen LogP contribution in [0.15, 0.2) is 57.8 Å². The van der Waals surface area contributed by atoms with Gasteiger partial charge in [-0.3, -0.25) is 4.79 Å². The van der Waals surface area contributed by atoms with Crippen LogP contribution >= 0.6 is 0 Å². The number of hydrogen-bond donors (Lipinski definition) is 2. The van der Waals surface area contributed by atoms with Crippen molar-refractivity contribution in [3.8, 4) is 0 Å². The number of fused-ring (bicyclic) bond motifs is 1. The molecule has 9 heteroatoms. The molecule has 28 heavy (non-hydrogen) atoms. The predicted octanol–water partition coefficient (Wildman–Crippen LogP) is 1.87. The van der Waals surface area contributed by atoms with Crippen molar-refractivity contribution in [2.24, 2.45) is 5.14 Å². The van der Waals surface area contributed by atoms with Gasteiger partial charge in [0.1, 0.15) is 5.52 Å². The molecule has 8 nitrogen and oxygen atoms in total. The third kappa shape index (κ3) is 3.71. The molecule has 2 aromatic carbocycles. The van der Waals surface area contributed by atoms with Gasteiger partial charge in [0.25, 0.3) is 11.9 Å². The van der Waals surface area contributed by atoms with Crippen LogP contribution < -0.4 is 15.4 Å². The van der Waals surface area contributed by atoms with Gasteiger partial charge in [0.15, 0.2) is 5.58 Å². The number of anilines is 1. The van der Waals surface area contributed by atoms with E-state index in [0.29, 0.717) is 18.1 Å². The average Bonchev–Trinajstić information content (AvgIpc) is 3.31. The monoisotopic (exact) mass is 400 g/mol. The summed E-state index contributed by atoms with van der Waals surface area (Å²) in [4.78, 5) is 19.0. The first-order valence-corrected chi connectivity index (χ1v) is 10.5. The maximum Gasteiger partial charge on any atom is 0.298 e. The number of rotatable bonds is 5. The number of primary sulfonamides is 1. The molecule has 1 aromatic heterocycles. The van der Waals surface area contributed by atoms with Gasteiger partial charge in [0.2, 0.25) is 10.0 Å². The zero-order valence-electron chi connectivity index (χ0n) is 15.0. The van der Waals surface area contributed by atoms with E-state index < -0.39 is 10.0 Å². The van der Waals surface area contributed by atoms with Crippen molar-refractivity contribution in [2.75, 3.05) is 18.0 Å². The molecule has 1 amide bonds. The Morgan fingerprint density at radius 1 is 1.21 bits per heavy atom. The highest BCUT2D eigenvalue weighted by atomic mass is 32.2. The van der Waals surface area contributed by atoms with E-state index in [0.717, 1.165) is 30.5 Å². The number of nitrogens with two attached hydrogens (primary N) is 1. The second-order valence-corrected chi connectivity index (χ2v) is 8.29. The minimum atomic E-state index is -3.78. The van der Waals surface area contributed by atoms with Crippen LogP contribution in [0, 0.1) is 0 Å². The van der Waals surface area contributed by atoms with Crippen LogP contribution in [0.5, 0.6) is 0 Å². The van der Waals surface area contributed by atoms with Crippen LogP contribution in [-0.2, 0) is 10.0 Å². The fourth-order valence-electron chi connectivity index (χ4n) is 3.39. The summed E-state index contributed by atoms with van der Waals surface area (Å²) in [5, 5.41) is 7.98. The van der Waals surface area contributed by atoms with E-state index in [9.17, 15) is 13.2 Å². The fourth-order valence-corrected chi connectivity index (χ4v) is 3.91. The summed E-state index contributed by atoms with van der Waals surface area (Å²) in [7, 11) is -3.78. The molecule has 1 atom stereocenters. The van der Waals surface area contributed by atoms with Gasteiger partial charge in [0, 0.05) is 18.7 Å². The van der Waals surface area contributed by atoms with E-state index in [1.54, 1.807) is 0 Å². The van der Waals surface area contributed by atoms with E-state index in [-0.39, 0.29) is 16.8 Å². The van der Waals surface area contributed by atoms with E-state index in [1.165, 1.54) is 24.3 Å². The molecule has 4 rings (SSSR count). The van der Waals surface area contributed by atoms with Gasteiger partial charge in [-0.2, -0.15) is 4.98 Å². The van der Waals surface area contributed by atoms with Gasteiger partial charge < -0.3 is 14.6 Å². The van der Waals surface area contributed by atoms with Crippen molar-refractivity contribution >= 4 is 33.0 Å². The van der Waals surface area contributed by atoms with Gasteiger partial charge in [0.05, 0.1) is 10.9 Å². The summed E-state index contributed by atoms with van der Waals surface area (Å²) < 4.78 is 28.5. The summed E-state index contributed by atoms with van der Waals surface area (Å²) in [6, 6.07) is 13.8. The lowest BCUT2D eigenvalue weighted by Gasteiger charge is -2.23. The molecule has 0 radical (unpaired) electrons. The molecule has 0 bridgehead atoms. The smallest absolute Gasteiger partial charge is 0.298 e. The van der Waals surface area contributed by atoms with Crippen molar-refractivity contribution in [3.05, 3.63) is 54.1 Å². The highest BCUT2D eigenvalue weighted by Crippen LogP contribution is 2.28. The number of para-hydroxylation sites is 2. The Hall–Kier alpha value is -2.91. The molecule has 0 aliphatic carbocycles.